The van der Waals surface area contributed by atoms with Gasteiger partial charge < -0.3 is 10.0 Å². The third-order valence-corrected chi connectivity index (χ3v) is 3.68. The molecule has 0 aromatic carbocycles. The molecule has 3 atom stereocenters. The predicted molar refractivity (Wildman–Crippen MR) is 53.7 cm³/mol. The molecule has 0 spiro atoms. The first-order valence-electron chi connectivity index (χ1n) is 5.66. The number of rotatable bonds is 1. The van der Waals surface area contributed by atoms with Gasteiger partial charge in [0, 0.05) is 19.5 Å². The van der Waals surface area contributed by atoms with Crippen molar-refractivity contribution in [2.45, 2.75) is 38.7 Å². The first-order chi connectivity index (χ1) is 6.70. The predicted octanol–water partition coefficient (Wildman–Crippen LogP) is 1.02. The van der Waals surface area contributed by atoms with E-state index in [1.807, 2.05) is 11.8 Å². The van der Waals surface area contributed by atoms with E-state index in [0.29, 0.717) is 18.3 Å². The molecule has 80 valence electrons. The van der Waals surface area contributed by atoms with E-state index in [4.69, 9.17) is 0 Å². The fourth-order valence-corrected chi connectivity index (χ4v) is 2.83. The number of carbonyl (C=O) groups is 1. The molecule has 14 heavy (non-hydrogen) atoms. The first-order valence-corrected chi connectivity index (χ1v) is 5.66. The summed E-state index contributed by atoms with van der Waals surface area (Å²) in [5.74, 6) is 1.50. The maximum atomic E-state index is 11.5. The van der Waals surface area contributed by atoms with Crippen molar-refractivity contribution in [2.24, 2.45) is 11.8 Å². The van der Waals surface area contributed by atoms with E-state index in [2.05, 4.69) is 0 Å². The van der Waals surface area contributed by atoms with Gasteiger partial charge in [-0.3, -0.25) is 4.79 Å². The molecule has 0 aromatic heterocycles. The summed E-state index contributed by atoms with van der Waals surface area (Å²) in [6.07, 6.45) is 3.42. The van der Waals surface area contributed by atoms with Crippen LogP contribution in [0.5, 0.6) is 0 Å². The summed E-state index contributed by atoms with van der Waals surface area (Å²) in [5.41, 5.74) is 0. The minimum absolute atomic E-state index is 0.118. The average molecular weight is 197 g/mol. The number of likely N-dealkylation sites (tertiary alicyclic amines) is 1. The van der Waals surface area contributed by atoms with E-state index in [0.717, 1.165) is 32.4 Å². The van der Waals surface area contributed by atoms with Crippen LogP contribution in [0.4, 0.5) is 0 Å². The molecule has 1 saturated carbocycles. The lowest BCUT2D eigenvalue weighted by atomic mass is 9.80. The molecule has 2 fully saturated rings. The van der Waals surface area contributed by atoms with Crippen molar-refractivity contribution in [3.8, 4) is 0 Å². The molecule has 0 aromatic rings. The summed E-state index contributed by atoms with van der Waals surface area (Å²) >= 11 is 0. The molecule has 3 heteroatoms. The van der Waals surface area contributed by atoms with Gasteiger partial charge in [-0.05, 0) is 31.1 Å². The van der Waals surface area contributed by atoms with Crippen molar-refractivity contribution in [3.05, 3.63) is 0 Å². The lowest BCUT2D eigenvalue weighted by Crippen LogP contribution is -2.28. The lowest BCUT2D eigenvalue weighted by molar-refractivity contribution is -0.130. The Kier molecular flexibility index (Phi) is 2.77. The maximum absolute atomic E-state index is 11.5. The second-order valence-electron chi connectivity index (χ2n) is 4.64. The summed E-state index contributed by atoms with van der Waals surface area (Å²) in [5, 5.41) is 9.53. The molecule has 1 aliphatic carbocycles. The Morgan fingerprint density at radius 1 is 1.36 bits per heavy atom. The first kappa shape index (κ1) is 9.97. The van der Waals surface area contributed by atoms with Crippen LogP contribution in [0, 0.1) is 11.8 Å². The van der Waals surface area contributed by atoms with E-state index in [-0.39, 0.29) is 12.0 Å². The fourth-order valence-electron chi connectivity index (χ4n) is 2.83. The molecular formula is C11H19NO2. The van der Waals surface area contributed by atoms with Gasteiger partial charge >= 0.3 is 0 Å². The number of hydrogen-bond acceptors (Lipinski definition) is 2. The minimum Gasteiger partial charge on any atom is -0.393 e. The Labute approximate surface area is 85.1 Å². The summed E-state index contributed by atoms with van der Waals surface area (Å²) in [6, 6.07) is 0. The van der Waals surface area contributed by atoms with Crippen molar-refractivity contribution in [3.63, 3.8) is 0 Å². The zero-order chi connectivity index (χ0) is 10.1. The normalized spacial score (nSPS) is 37.0. The van der Waals surface area contributed by atoms with Gasteiger partial charge in [0.1, 0.15) is 0 Å². The van der Waals surface area contributed by atoms with E-state index < -0.39 is 0 Å². The van der Waals surface area contributed by atoms with Crippen molar-refractivity contribution in [2.75, 3.05) is 13.1 Å². The van der Waals surface area contributed by atoms with Gasteiger partial charge in [-0.2, -0.15) is 0 Å². The van der Waals surface area contributed by atoms with Crippen molar-refractivity contribution in [1.82, 2.24) is 4.90 Å². The molecule has 2 aliphatic rings. The summed E-state index contributed by atoms with van der Waals surface area (Å²) < 4.78 is 0. The second kappa shape index (κ2) is 3.89. The van der Waals surface area contributed by atoms with Gasteiger partial charge in [0.2, 0.25) is 5.91 Å². The molecule has 1 heterocycles. The molecular weight excluding hydrogens is 178 g/mol. The highest BCUT2D eigenvalue weighted by molar-refractivity contribution is 5.76. The number of amides is 1. The van der Waals surface area contributed by atoms with Gasteiger partial charge in [-0.25, -0.2) is 0 Å². The number of hydrogen-bond donors (Lipinski definition) is 1. The minimum atomic E-state index is -0.118. The SMILES string of the molecule is CCC(=O)N1CC2CCC(O)CC2C1. The molecule has 0 bridgehead atoms. The zero-order valence-corrected chi connectivity index (χ0v) is 8.78. The Bertz CT molecular complexity index is 229. The smallest absolute Gasteiger partial charge is 0.222 e. The second-order valence-corrected chi connectivity index (χ2v) is 4.64. The average Bonchev–Trinajstić information content (AvgIpc) is 2.59. The van der Waals surface area contributed by atoms with Crippen LogP contribution in [0.1, 0.15) is 32.6 Å². The van der Waals surface area contributed by atoms with Crippen LogP contribution in [-0.4, -0.2) is 35.1 Å². The van der Waals surface area contributed by atoms with Gasteiger partial charge in [0.25, 0.3) is 0 Å². The number of fused-ring (bicyclic) bond motifs is 1. The summed E-state index contributed by atoms with van der Waals surface area (Å²) in [7, 11) is 0. The molecule has 1 aliphatic heterocycles. The molecule has 2 rings (SSSR count). The zero-order valence-electron chi connectivity index (χ0n) is 8.78. The molecule has 1 N–H and O–H groups in total. The molecule has 1 saturated heterocycles. The maximum Gasteiger partial charge on any atom is 0.222 e. The van der Waals surface area contributed by atoms with Crippen LogP contribution in [0.2, 0.25) is 0 Å². The fraction of sp³-hybridized carbons (Fsp3) is 0.909. The standard InChI is InChI=1S/C11H19NO2/c1-2-11(14)12-6-8-3-4-10(13)5-9(8)7-12/h8-10,13H,2-7H2,1H3. The van der Waals surface area contributed by atoms with Crippen molar-refractivity contribution < 1.29 is 9.90 Å². The van der Waals surface area contributed by atoms with E-state index in [9.17, 15) is 9.90 Å². The Balaban J connectivity index is 1.95. The largest absolute Gasteiger partial charge is 0.393 e. The Morgan fingerprint density at radius 3 is 2.79 bits per heavy atom. The van der Waals surface area contributed by atoms with Gasteiger partial charge in [0.15, 0.2) is 0 Å². The van der Waals surface area contributed by atoms with E-state index in [1.165, 1.54) is 0 Å². The van der Waals surface area contributed by atoms with Crippen LogP contribution < -0.4 is 0 Å². The highest BCUT2D eigenvalue weighted by Gasteiger charge is 2.38. The van der Waals surface area contributed by atoms with Crippen LogP contribution in [0.25, 0.3) is 0 Å². The Morgan fingerprint density at radius 2 is 2.07 bits per heavy atom. The highest BCUT2D eigenvalue weighted by Crippen LogP contribution is 2.36. The van der Waals surface area contributed by atoms with Crippen LogP contribution in [0.3, 0.4) is 0 Å². The van der Waals surface area contributed by atoms with E-state index in [1.54, 1.807) is 0 Å². The van der Waals surface area contributed by atoms with E-state index >= 15 is 0 Å². The molecule has 0 radical (unpaired) electrons. The van der Waals surface area contributed by atoms with Crippen LogP contribution in [0.15, 0.2) is 0 Å². The third kappa shape index (κ3) is 1.78. The van der Waals surface area contributed by atoms with Crippen molar-refractivity contribution in [1.29, 1.82) is 0 Å². The van der Waals surface area contributed by atoms with Crippen LogP contribution >= 0.6 is 0 Å². The topological polar surface area (TPSA) is 40.5 Å². The lowest BCUT2D eigenvalue weighted by Gasteiger charge is -2.27. The highest BCUT2D eigenvalue weighted by atomic mass is 16.3. The third-order valence-electron chi connectivity index (χ3n) is 3.68. The summed E-state index contributed by atoms with van der Waals surface area (Å²) in [4.78, 5) is 13.5. The van der Waals surface area contributed by atoms with Gasteiger partial charge in [-0.1, -0.05) is 6.92 Å². The Hall–Kier alpha value is -0.570. The number of nitrogens with zero attached hydrogens (tertiary/aromatic N) is 1. The van der Waals surface area contributed by atoms with Crippen LogP contribution in [-0.2, 0) is 4.79 Å². The monoisotopic (exact) mass is 197 g/mol. The van der Waals surface area contributed by atoms with Gasteiger partial charge in [0.05, 0.1) is 6.10 Å². The molecule has 3 unspecified atom stereocenters. The van der Waals surface area contributed by atoms with Crippen molar-refractivity contribution >= 4 is 5.91 Å². The quantitative estimate of drug-likeness (QED) is 0.681. The molecule has 3 nitrogen and oxygen atoms in total. The summed E-state index contributed by atoms with van der Waals surface area (Å²) in [6.45, 7) is 3.73. The number of aliphatic hydroxyl groups excluding tert-OH is 1. The molecule has 1 amide bonds. The number of carbonyl (C=O) groups excluding carboxylic acids is 1. The van der Waals surface area contributed by atoms with Gasteiger partial charge in [-0.15, -0.1) is 0 Å². The number of aliphatic hydroxyl groups is 1.